The Bertz CT molecular complexity index is 680. The Kier molecular flexibility index (Phi) is 2.44. The lowest BCUT2D eigenvalue weighted by molar-refractivity contribution is -0.121. The highest BCUT2D eigenvalue weighted by atomic mass is 35.5. The van der Waals surface area contributed by atoms with E-state index >= 15 is 0 Å². The number of piperazine rings is 1. The van der Waals surface area contributed by atoms with E-state index in [9.17, 15) is 4.79 Å². The Labute approximate surface area is 120 Å². The number of halogens is 1. The number of rotatable bonds is 2. The normalized spacial score (nSPS) is 20.6. The summed E-state index contributed by atoms with van der Waals surface area (Å²) >= 11 is 6.24. The van der Waals surface area contributed by atoms with Crippen molar-refractivity contribution in [1.29, 1.82) is 0 Å². The van der Waals surface area contributed by atoms with Crippen molar-refractivity contribution < 1.29 is 4.79 Å². The second-order valence-corrected chi connectivity index (χ2v) is 5.91. The molecule has 1 saturated heterocycles. The Morgan fingerprint density at radius 2 is 2.20 bits per heavy atom. The summed E-state index contributed by atoms with van der Waals surface area (Å²) in [6, 6.07) is 0. The fourth-order valence-corrected chi connectivity index (χ4v) is 3.30. The molecule has 0 unspecified atom stereocenters. The number of hydrogen-bond donors (Lipinski definition) is 1. The highest BCUT2D eigenvalue weighted by molar-refractivity contribution is 6.36. The SMILES string of the molecule is O=CN1CCN(c2ncnc3[nH]cc(Cl)c23)CC12CC2. The maximum Gasteiger partial charge on any atom is 0.210 e. The molecule has 1 saturated carbocycles. The fourth-order valence-electron chi connectivity index (χ4n) is 3.07. The molecule has 2 aromatic heterocycles. The zero-order valence-electron chi connectivity index (χ0n) is 10.8. The molecule has 6 nitrogen and oxygen atoms in total. The monoisotopic (exact) mass is 291 g/mol. The fraction of sp³-hybridized carbons (Fsp3) is 0.462. The van der Waals surface area contributed by atoms with Crippen LogP contribution in [0.4, 0.5) is 5.82 Å². The molecule has 7 heteroatoms. The minimum Gasteiger partial charge on any atom is -0.352 e. The van der Waals surface area contributed by atoms with Gasteiger partial charge in [0.2, 0.25) is 6.41 Å². The predicted molar refractivity (Wildman–Crippen MR) is 75.8 cm³/mol. The van der Waals surface area contributed by atoms with Crippen molar-refractivity contribution in [1.82, 2.24) is 19.9 Å². The topological polar surface area (TPSA) is 65.1 Å². The van der Waals surface area contributed by atoms with Gasteiger partial charge in [-0.1, -0.05) is 11.6 Å². The Morgan fingerprint density at radius 3 is 2.95 bits per heavy atom. The Balaban J connectivity index is 1.74. The van der Waals surface area contributed by atoms with Gasteiger partial charge in [-0.3, -0.25) is 4.79 Å². The third-order valence-corrected chi connectivity index (χ3v) is 4.66. The number of amides is 1. The zero-order chi connectivity index (χ0) is 13.7. The Morgan fingerprint density at radius 1 is 1.35 bits per heavy atom. The van der Waals surface area contributed by atoms with Gasteiger partial charge in [0.1, 0.15) is 17.8 Å². The first-order valence-corrected chi connectivity index (χ1v) is 7.06. The smallest absolute Gasteiger partial charge is 0.210 e. The third-order valence-electron chi connectivity index (χ3n) is 4.36. The van der Waals surface area contributed by atoms with E-state index in [1.807, 2.05) is 4.90 Å². The average Bonchev–Trinajstić information content (AvgIpc) is 3.13. The molecule has 2 aromatic rings. The number of carbonyl (C=O) groups is 1. The number of aromatic nitrogens is 3. The van der Waals surface area contributed by atoms with Crippen LogP contribution in [0.3, 0.4) is 0 Å². The van der Waals surface area contributed by atoms with Crippen LogP contribution in [0.1, 0.15) is 12.8 Å². The molecule has 0 bridgehead atoms. The van der Waals surface area contributed by atoms with E-state index in [0.717, 1.165) is 55.7 Å². The molecule has 0 radical (unpaired) electrons. The second-order valence-electron chi connectivity index (χ2n) is 5.50. The summed E-state index contributed by atoms with van der Waals surface area (Å²) in [6.45, 7) is 2.32. The van der Waals surface area contributed by atoms with Gasteiger partial charge in [0.15, 0.2) is 0 Å². The lowest BCUT2D eigenvalue weighted by Crippen LogP contribution is -2.54. The summed E-state index contributed by atoms with van der Waals surface area (Å²) in [5, 5.41) is 1.50. The van der Waals surface area contributed by atoms with Crippen molar-refractivity contribution in [2.24, 2.45) is 0 Å². The molecule has 4 rings (SSSR count). The van der Waals surface area contributed by atoms with Crippen LogP contribution >= 0.6 is 11.6 Å². The molecule has 0 aromatic carbocycles. The molecule has 2 fully saturated rings. The van der Waals surface area contributed by atoms with E-state index in [2.05, 4.69) is 19.9 Å². The summed E-state index contributed by atoms with van der Waals surface area (Å²) in [7, 11) is 0. The van der Waals surface area contributed by atoms with E-state index in [4.69, 9.17) is 11.6 Å². The standard InChI is InChI=1S/C13H14ClN5O/c14-9-5-15-11-10(9)12(17-7-16-11)18-3-4-19(8-20)13(6-18)1-2-13/h5,7-8H,1-4,6H2,(H,15,16,17). The van der Waals surface area contributed by atoms with Crippen molar-refractivity contribution in [3.8, 4) is 0 Å². The number of hydrogen-bond acceptors (Lipinski definition) is 4. The van der Waals surface area contributed by atoms with E-state index in [1.165, 1.54) is 0 Å². The maximum atomic E-state index is 11.1. The first-order valence-electron chi connectivity index (χ1n) is 6.68. The predicted octanol–water partition coefficient (Wildman–Crippen LogP) is 1.42. The molecule has 3 heterocycles. The van der Waals surface area contributed by atoms with Crippen molar-refractivity contribution in [2.45, 2.75) is 18.4 Å². The van der Waals surface area contributed by atoms with Gasteiger partial charge in [0, 0.05) is 25.8 Å². The van der Waals surface area contributed by atoms with Crippen LogP contribution < -0.4 is 4.90 Å². The minimum absolute atomic E-state index is 0.0139. The number of anilines is 1. The van der Waals surface area contributed by atoms with Crippen molar-refractivity contribution in [2.75, 3.05) is 24.5 Å². The number of nitrogens with zero attached hydrogens (tertiary/aromatic N) is 4. The van der Waals surface area contributed by atoms with Gasteiger partial charge in [-0.05, 0) is 12.8 Å². The van der Waals surface area contributed by atoms with Crippen molar-refractivity contribution in [3.05, 3.63) is 17.5 Å². The number of fused-ring (bicyclic) bond motifs is 1. The van der Waals surface area contributed by atoms with Crippen LogP contribution in [0.5, 0.6) is 0 Å². The van der Waals surface area contributed by atoms with E-state index < -0.39 is 0 Å². The van der Waals surface area contributed by atoms with Crippen LogP contribution in [-0.2, 0) is 4.79 Å². The van der Waals surface area contributed by atoms with E-state index in [-0.39, 0.29) is 5.54 Å². The molecule has 0 atom stereocenters. The molecule has 104 valence electrons. The van der Waals surface area contributed by atoms with Crippen LogP contribution in [0.25, 0.3) is 11.0 Å². The molecule has 1 aliphatic carbocycles. The van der Waals surface area contributed by atoms with Crippen molar-refractivity contribution >= 4 is 34.9 Å². The molecular formula is C13H14ClN5O. The van der Waals surface area contributed by atoms with Gasteiger partial charge >= 0.3 is 0 Å². The van der Waals surface area contributed by atoms with E-state index in [0.29, 0.717) is 5.02 Å². The summed E-state index contributed by atoms with van der Waals surface area (Å²) in [4.78, 5) is 26.9. The average molecular weight is 292 g/mol. The minimum atomic E-state index is 0.0139. The molecule has 1 spiro atoms. The first-order chi connectivity index (χ1) is 9.73. The molecule has 1 amide bonds. The van der Waals surface area contributed by atoms with Gasteiger partial charge in [0.05, 0.1) is 15.9 Å². The van der Waals surface area contributed by atoms with Gasteiger partial charge in [-0.25, -0.2) is 9.97 Å². The Hall–Kier alpha value is -1.82. The largest absolute Gasteiger partial charge is 0.352 e. The van der Waals surface area contributed by atoms with Crippen LogP contribution in [-0.4, -0.2) is 51.4 Å². The van der Waals surface area contributed by atoms with E-state index in [1.54, 1.807) is 12.5 Å². The van der Waals surface area contributed by atoms with Gasteiger partial charge in [-0.15, -0.1) is 0 Å². The third kappa shape index (κ3) is 1.61. The molecular weight excluding hydrogens is 278 g/mol. The molecule has 1 N–H and O–H groups in total. The van der Waals surface area contributed by atoms with Crippen LogP contribution in [0, 0.1) is 0 Å². The lowest BCUT2D eigenvalue weighted by Gasteiger charge is -2.40. The molecule has 1 aliphatic heterocycles. The number of nitrogens with one attached hydrogen (secondary N) is 1. The maximum absolute atomic E-state index is 11.1. The summed E-state index contributed by atoms with van der Waals surface area (Å²) in [5.74, 6) is 0.859. The number of H-pyrrole nitrogens is 1. The highest BCUT2D eigenvalue weighted by Gasteiger charge is 2.51. The van der Waals surface area contributed by atoms with Gasteiger partial charge in [0.25, 0.3) is 0 Å². The highest BCUT2D eigenvalue weighted by Crippen LogP contribution is 2.44. The van der Waals surface area contributed by atoms with Crippen LogP contribution in [0.15, 0.2) is 12.5 Å². The summed E-state index contributed by atoms with van der Waals surface area (Å²) in [5.41, 5.74) is 0.766. The second kappa shape index (κ2) is 4.09. The zero-order valence-corrected chi connectivity index (χ0v) is 11.6. The lowest BCUT2D eigenvalue weighted by atomic mass is 10.1. The summed E-state index contributed by atoms with van der Waals surface area (Å²) in [6.07, 6.45) is 6.40. The summed E-state index contributed by atoms with van der Waals surface area (Å²) < 4.78 is 0. The first kappa shape index (κ1) is 12.0. The van der Waals surface area contributed by atoms with Crippen molar-refractivity contribution in [3.63, 3.8) is 0 Å². The van der Waals surface area contributed by atoms with Crippen LogP contribution in [0.2, 0.25) is 5.02 Å². The quantitative estimate of drug-likeness (QED) is 0.850. The van der Waals surface area contributed by atoms with Gasteiger partial charge in [-0.2, -0.15) is 0 Å². The molecule has 2 aliphatic rings. The molecule has 20 heavy (non-hydrogen) atoms. The number of aromatic amines is 1. The number of carbonyl (C=O) groups excluding carboxylic acids is 1. The van der Waals surface area contributed by atoms with Gasteiger partial charge < -0.3 is 14.8 Å².